The molecule has 4 heteroatoms. The maximum atomic E-state index is 11.8. The van der Waals surface area contributed by atoms with Crippen LogP contribution in [0.2, 0.25) is 0 Å². The summed E-state index contributed by atoms with van der Waals surface area (Å²) in [5, 5.41) is 1.28. The van der Waals surface area contributed by atoms with E-state index in [1.54, 1.807) is 24.4 Å². The Bertz CT molecular complexity index is 335. The predicted octanol–water partition coefficient (Wildman–Crippen LogP) is 1.20. The van der Waals surface area contributed by atoms with Crippen molar-refractivity contribution in [3.8, 4) is 0 Å². The lowest BCUT2D eigenvalue weighted by molar-refractivity contribution is 0.0689. The number of hydrogen-bond donors (Lipinski definition) is 1. The molecule has 0 atom stereocenters. The van der Waals surface area contributed by atoms with Crippen molar-refractivity contribution in [2.24, 2.45) is 11.8 Å². The van der Waals surface area contributed by atoms with Gasteiger partial charge in [0.1, 0.15) is 5.69 Å². The van der Waals surface area contributed by atoms with Crippen molar-refractivity contribution >= 4 is 5.91 Å². The monoisotopic (exact) mass is 205 g/mol. The minimum atomic E-state index is -0.192. The summed E-state index contributed by atoms with van der Waals surface area (Å²) in [5.41, 5.74) is 0.416. The van der Waals surface area contributed by atoms with Gasteiger partial charge in [-0.15, -0.1) is 0 Å². The maximum Gasteiger partial charge on any atom is 0.286 e. The fraction of sp³-hybridized carbons (Fsp3) is 0.455. The molecule has 0 spiro atoms. The van der Waals surface area contributed by atoms with E-state index in [4.69, 9.17) is 5.84 Å². The number of carbonyl (C=O) groups is 1. The molecular weight excluding hydrogens is 190 g/mol. The summed E-state index contributed by atoms with van der Waals surface area (Å²) in [4.78, 5) is 15.7. The first-order valence-electron chi connectivity index (χ1n) is 5.25. The summed E-state index contributed by atoms with van der Waals surface area (Å²) >= 11 is 0. The number of aromatic nitrogens is 1. The first kappa shape index (κ1) is 10.1. The van der Waals surface area contributed by atoms with E-state index >= 15 is 0 Å². The van der Waals surface area contributed by atoms with Gasteiger partial charge in [0.25, 0.3) is 5.91 Å². The molecule has 0 aliphatic heterocycles. The molecule has 1 aromatic heterocycles. The van der Waals surface area contributed by atoms with Crippen LogP contribution in [0.15, 0.2) is 24.4 Å². The van der Waals surface area contributed by atoms with Crippen molar-refractivity contribution in [3.63, 3.8) is 0 Å². The molecule has 1 amide bonds. The minimum absolute atomic E-state index is 0.192. The van der Waals surface area contributed by atoms with Gasteiger partial charge in [-0.1, -0.05) is 12.5 Å². The lowest BCUT2D eigenvalue weighted by Gasteiger charge is -2.29. The number of amides is 1. The lowest BCUT2D eigenvalue weighted by atomic mass is 9.85. The average Bonchev–Trinajstić information content (AvgIpc) is 2.23. The molecule has 1 aliphatic carbocycles. The van der Waals surface area contributed by atoms with Gasteiger partial charge in [-0.2, -0.15) is 0 Å². The van der Waals surface area contributed by atoms with Crippen LogP contribution in [0.5, 0.6) is 0 Å². The Morgan fingerprint density at radius 2 is 2.33 bits per heavy atom. The van der Waals surface area contributed by atoms with Crippen molar-refractivity contribution in [2.45, 2.75) is 19.3 Å². The highest BCUT2D eigenvalue weighted by Crippen LogP contribution is 2.26. The first-order chi connectivity index (χ1) is 7.27. The normalized spacial score (nSPS) is 15.8. The number of pyridine rings is 1. The first-order valence-corrected chi connectivity index (χ1v) is 5.25. The standard InChI is InChI=1S/C11H15N3O/c12-14(8-9-4-3-5-9)11(15)10-6-1-2-7-13-10/h1-2,6-7,9H,3-5,8,12H2. The Kier molecular flexibility index (Phi) is 2.97. The Morgan fingerprint density at radius 1 is 1.53 bits per heavy atom. The van der Waals surface area contributed by atoms with Gasteiger partial charge in [-0.25, -0.2) is 5.84 Å². The highest BCUT2D eigenvalue weighted by molar-refractivity contribution is 5.91. The highest BCUT2D eigenvalue weighted by atomic mass is 16.2. The molecule has 1 saturated carbocycles. The van der Waals surface area contributed by atoms with Gasteiger partial charge in [0.15, 0.2) is 0 Å². The third-order valence-corrected chi connectivity index (χ3v) is 2.82. The van der Waals surface area contributed by atoms with Crippen molar-refractivity contribution in [3.05, 3.63) is 30.1 Å². The number of hydrazine groups is 1. The van der Waals surface area contributed by atoms with Crippen molar-refractivity contribution in [1.29, 1.82) is 0 Å². The molecule has 4 nitrogen and oxygen atoms in total. The molecule has 15 heavy (non-hydrogen) atoms. The molecule has 0 saturated heterocycles. The van der Waals surface area contributed by atoms with E-state index in [2.05, 4.69) is 4.98 Å². The van der Waals surface area contributed by atoms with Crippen LogP contribution in [0.1, 0.15) is 29.8 Å². The zero-order valence-electron chi connectivity index (χ0n) is 8.60. The number of nitrogens with zero attached hydrogens (tertiary/aromatic N) is 2. The maximum absolute atomic E-state index is 11.8. The molecule has 2 N–H and O–H groups in total. The summed E-state index contributed by atoms with van der Waals surface area (Å²) in [5.74, 6) is 6.10. The van der Waals surface area contributed by atoms with Gasteiger partial charge in [0.2, 0.25) is 0 Å². The second-order valence-electron chi connectivity index (χ2n) is 3.97. The number of hydrogen-bond acceptors (Lipinski definition) is 3. The largest absolute Gasteiger partial charge is 0.286 e. The van der Waals surface area contributed by atoms with E-state index < -0.39 is 0 Å². The average molecular weight is 205 g/mol. The third-order valence-electron chi connectivity index (χ3n) is 2.82. The summed E-state index contributed by atoms with van der Waals surface area (Å²) in [6.45, 7) is 0.648. The molecular formula is C11H15N3O. The zero-order valence-corrected chi connectivity index (χ0v) is 8.60. The SMILES string of the molecule is NN(CC1CCC1)C(=O)c1ccccn1. The van der Waals surface area contributed by atoms with Crippen LogP contribution in [-0.4, -0.2) is 22.4 Å². The van der Waals surface area contributed by atoms with E-state index in [1.165, 1.54) is 24.3 Å². The third kappa shape index (κ3) is 2.33. The van der Waals surface area contributed by atoms with E-state index in [0.717, 1.165) is 0 Å². The fourth-order valence-corrected chi connectivity index (χ4v) is 1.67. The summed E-state index contributed by atoms with van der Waals surface area (Å²) in [6.07, 6.45) is 5.23. The smallest absolute Gasteiger partial charge is 0.275 e. The molecule has 2 rings (SSSR count). The summed E-state index contributed by atoms with van der Waals surface area (Å²) in [7, 11) is 0. The molecule has 0 unspecified atom stereocenters. The molecule has 0 radical (unpaired) electrons. The second-order valence-corrected chi connectivity index (χ2v) is 3.97. The van der Waals surface area contributed by atoms with Gasteiger partial charge in [0, 0.05) is 12.7 Å². The van der Waals surface area contributed by atoms with Crippen LogP contribution in [0.25, 0.3) is 0 Å². The Morgan fingerprint density at radius 3 is 2.87 bits per heavy atom. The van der Waals surface area contributed by atoms with Crippen LogP contribution in [-0.2, 0) is 0 Å². The molecule has 0 bridgehead atoms. The topological polar surface area (TPSA) is 59.2 Å². The number of carbonyl (C=O) groups excluding carboxylic acids is 1. The van der Waals surface area contributed by atoms with Crippen LogP contribution < -0.4 is 5.84 Å². The minimum Gasteiger partial charge on any atom is -0.275 e. The van der Waals surface area contributed by atoms with Crippen LogP contribution in [0.4, 0.5) is 0 Å². The molecule has 0 aromatic carbocycles. The Labute approximate surface area is 89.1 Å². The summed E-state index contributed by atoms with van der Waals surface area (Å²) < 4.78 is 0. The van der Waals surface area contributed by atoms with Crippen LogP contribution >= 0.6 is 0 Å². The number of nitrogens with two attached hydrogens (primary N) is 1. The van der Waals surface area contributed by atoms with Crippen LogP contribution in [0.3, 0.4) is 0 Å². The van der Waals surface area contributed by atoms with Gasteiger partial charge in [-0.05, 0) is 30.9 Å². The van der Waals surface area contributed by atoms with Crippen LogP contribution in [0, 0.1) is 5.92 Å². The van der Waals surface area contributed by atoms with Crippen molar-refractivity contribution in [2.75, 3.05) is 6.54 Å². The second kappa shape index (κ2) is 4.40. The van der Waals surface area contributed by atoms with Gasteiger partial charge < -0.3 is 0 Å². The van der Waals surface area contributed by atoms with E-state index in [-0.39, 0.29) is 5.91 Å². The molecule has 80 valence electrons. The molecule has 1 aromatic rings. The van der Waals surface area contributed by atoms with E-state index in [0.29, 0.717) is 18.2 Å². The predicted molar refractivity (Wildman–Crippen MR) is 56.8 cm³/mol. The van der Waals surface area contributed by atoms with Gasteiger partial charge in [-0.3, -0.25) is 14.8 Å². The lowest BCUT2D eigenvalue weighted by Crippen LogP contribution is -2.42. The van der Waals surface area contributed by atoms with E-state index in [9.17, 15) is 4.79 Å². The van der Waals surface area contributed by atoms with E-state index in [1.807, 2.05) is 0 Å². The zero-order chi connectivity index (χ0) is 10.7. The molecule has 1 heterocycles. The fourth-order valence-electron chi connectivity index (χ4n) is 1.67. The van der Waals surface area contributed by atoms with Crippen molar-refractivity contribution in [1.82, 2.24) is 9.99 Å². The molecule has 1 aliphatic rings. The molecule has 1 fully saturated rings. The Balaban J connectivity index is 1.95. The Hall–Kier alpha value is -1.42. The number of rotatable bonds is 3. The quantitative estimate of drug-likeness (QED) is 0.458. The van der Waals surface area contributed by atoms with Gasteiger partial charge in [0.05, 0.1) is 0 Å². The van der Waals surface area contributed by atoms with Gasteiger partial charge >= 0.3 is 0 Å². The summed E-state index contributed by atoms with van der Waals surface area (Å²) in [6, 6.07) is 5.25. The highest BCUT2D eigenvalue weighted by Gasteiger charge is 2.22. The van der Waals surface area contributed by atoms with Crippen molar-refractivity contribution < 1.29 is 4.79 Å².